The van der Waals surface area contributed by atoms with E-state index in [0.29, 0.717) is 0 Å². The number of phosphoric acid groups is 1. The average molecular weight is 528 g/mol. The van der Waals surface area contributed by atoms with E-state index in [0.717, 1.165) is 19.6 Å². The van der Waals surface area contributed by atoms with Crippen molar-refractivity contribution in [3.63, 3.8) is 0 Å². The maximum atomic E-state index is 8.88. The zero-order chi connectivity index (χ0) is 27.5. The molecule has 0 aliphatic heterocycles. The molecule has 0 saturated carbocycles. The van der Waals surface area contributed by atoms with Crippen LogP contribution in [0, 0.1) is 0 Å². The summed E-state index contributed by atoms with van der Waals surface area (Å²) >= 11 is 0. The van der Waals surface area contributed by atoms with E-state index in [1.54, 1.807) is 0 Å². The molecule has 0 bridgehead atoms. The van der Waals surface area contributed by atoms with Crippen LogP contribution in [0.4, 0.5) is 0 Å². The van der Waals surface area contributed by atoms with Crippen molar-refractivity contribution in [3.05, 3.63) is 0 Å². The van der Waals surface area contributed by atoms with Crippen molar-refractivity contribution in [1.82, 2.24) is 0 Å². The Hall–Kier alpha value is -0.0100. The van der Waals surface area contributed by atoms with E-state index in [1.165, 1.54) is 135 Å². The normalized spacial score (nSPS) is 10.4. The van der Waals surface area contributed by atoms with Gasteiger partial charge in [-0.3, -0.25) is 0 Å². The van der Waals surface area contributed by atoms with Gasteiger partial charge in [-0.25, -0.2) is 4.57 Å². The number of hydrogen-bond acceptors (Lipinski definition) is 4. The molecular formula is C27H66N3O4P. The summed E-state index contributed by atoms with van der Waals surface area (Å²) in [5, 5.41) is 0. The van der Waals surface area contributed by atoms with Gasteiger partial charge in [0.05, 0.1) is 0 Å². The first-order chi connectivity index (χ1) is 16.7. The van der Waals surface area contributed by atoms with Crippen molar-refractivity contribution in [2.45, 2.75) is 156 Å². The van der Waals surface area contributed by atoms with Gasteiger partial charge in [0.2, 0.25) is 0 Å². The fraction of sp³-hybridized carbons (Fsp3) is 1.00. The second-order valence-corrected chi connectivity index (χ2v) is 10.3. The first-order valence-corrected chi connectivity index (χ1v) is 16.2. The van der Waals surface area contributed by atoms with E-state index in [4.69, 9.17) is 36.4 Å². The van der Waals surface area contributed by atoms with Gasteiger partial charge in [-0.1, -0.05) is 136 Å². The lowest BCUT2D eigenvalue weighted by Gasteiger charge is -1.97. The molecule has 218 valence electrons. The summed E-state index contributed by atoms with van der Waals surface area (Å²) in [6.07, 6.45) is 28.5. The minimum Gasteiger partial charge on any atom is -0.330 e. The number of hydrogen-bond donors (Lipinski definition) is 6. The molecule has 0 aromatic rings. The first kappa shape index (κ1) is 42.1. The third-order valence-electron chi connectivity index (χ3n) is 5.42. The van der Waals surface area contributed by atoms with Crippen LogP contribution in [0.15, 0.2) is 0 Å². The molecule has 0 atom stereocenters. The Morgan fingerprint density at radius 3 is 0.686 bits per heavy atom. The molecule has 0 saturated heterocycles. The Bertz CT molecular complexity index is 302. The van der Waals surface area contributed by atoms with E-state index < -0.39 is 7.82 Å². The van der Waals surface area contributed by atoms with E-state index in [9.17, 15) is 0 Å². The summed E-state index contributed by atoms with van der Waals surface area (Å²) in [5.74, 6) is 0. The highest BCUT2D eigenvalue weighted by Crippen LogP contribution is 2.25. The molecule has 0 aliphatic rings. The summed E-state index contributed by atoms with van der Waals surface area (Å²) in [6.45, 7) is 9.36. The molecule has 0 amide bonds. The predicted octanol–water partition coefficient (Wildman–Crippen LogP) is 7.16. The Morgan fingerprint density at radius 1 is 0.400 bits per heavy atom. The second kappa shape index (κ2) is 41.1. The zero-order valence-electron chi connectivity index (χ0n) is 23.9. The van der Waals surface area contributed by atoms with E-state index in [1.807, 2.05) is 0 Å². The van der Waals surface area contributed by atoms with Crippen molar-refractivity contribution >= 4 is 7.82 Å². The van der Waals surface area contributed by atoms with Gasteiger partial charge in [-0.05, 0) is 38.9 Å². The second-order valence-electron chi connectivity index (χ2n) is 9.24. The monoisotopic (exact) mass is 527 g/mol. The highest BCUT2D eigenvalue weighted by Gasteiger charge is 2.00. The minimum atomic E-state index is -4.64. The lowest BCUT2D eigenvalue weighted by Crippen LogP contribution is -1.97. The summed E-state index contributed by atoms with van der Waals surface area (Å²) < 4.78 is 8.88. The average Bonchev–Trinajstić information content (AvgIpc) is 2.81. The molecule has 0 aromatic heterocycles. The van der Waals surface area contributed by atoms with Crippen molar-refractivity contribution in [2.75, 3.05) is 19.6 Å². The highest BCUT2D eigenvalue weighted by molar-refractivity contribution is 7.45. The van der Waals surface area contributed by atoms with E-state index >= 15 is 0 Å². The Kier molecular flexibility index (Phi) is 49.5. The summed E-state index contributed by atoms with van der Waals surface area (Å²) in [5.41, 5.74) is 16.1. The quantitative estimate of drug-likeness (QED) is 0.0683. The largest absolute Gasteiger partial charge is 0.466 e. The summed E-state index contributed by atoms with van der Waals surface area (Å²) in [6, 6.07) is 0. The van der Waals surface area contributed by atoms with Crippen LogP contribution in [-0.2, 0) is 4.57 Å². The van der Waals surface area contributed by atoms with Crippen LogP contribution in [0.25, 0.3) is 0 Å². The van der Waals surface area contributed by atoms with Gasteiger partial charge < -0.3 is 31.9 Å². The Morgan fingerprint density at radius 2 is 0.543 bits per heavy atom. The number of unbranched alkanes of at least 4 members (excludes halogenated alkanes) is 18. The Labute approximate surface area is 219 Å². The fourth-order valence-electron chi connectivity index (χ4n) is 3.30. The third kappa shape index (κ3) is 79.0. The summed E-state index contributed by atoms with van der Waals surface area (Å²) in [4.78, 5) is 21.6. The molecule has 0 rings (SSSR count). The molecule has 9 N–H and O–H groups in total. The van der Waals surface area contributed by atoms with Gasteiger partial charge >= 0.3 is 7.82 Å². The molecule has 35 heavy (non-hydrogen) atoms. The van der Waals surface area contributed by atoms with Gasteiger partial charge in [-0.15, -0.1) is 0 Å². The van der Waals surface area contributed by atoms with Crippen molar-refractivity contribution in [3.8, 4) is 0 Å². The molecule has 0 aromatic carbocycles. The standard InChI is InChI=1S/3C9H21N.H3O4P/c3*1-2-3-4-5-6-7-8-9-10;1-5(2,3)4/h3*2-10H2,1H3;(H3,1,2,3,4). The Balaban J connectivity index is -0.000000188. The van der Waals surface area contributed by atoms with Crippen molar-refractivity contribution in [1.29, 1.82) is 0 Å². The zero-order valence-corrected chi connectivity index (χ0v) is 24.8. The van der Waals surface area contributed by atoms with E-state index in [-0.39, 0.29) is 0 Å². The smallest absolute Gasteiger partial charge is 0.330 e. The molecule has 0 heterocycles. The van der Waals surface area contributed by atoms with Crippen LogP contribution in [0.5, 0.6) is 0 Å². The molecule has 8 heteroatoms. The maximum Gasteiger partial charge on any atom is 0.466 e. The molecular weight excluding hydrogens is 461 g/mol. The van der Waals surface area contributed by atoms with Crippen LogP contribution in [0.1, 0.15) is 156 Å². The van der Waals surface area contributed by atoms with Crippen LogP contribution >= 0.6 is 7.82 Å². The molecule has 0 unspecified atom stereocenters. The fourth-order valence-corrected chi connectivity index (χ4v) is 3.30. The molecule has 0 spiro atoms. The molecule has 0 fully saturated rings. The lowest BCUT2D eigenvalue weighted by molar-refractivity contribution is 0.275. The number of nitrogens with two attached hydrogens (primary N) is 3. The molecule has 7 nitrogen and oxygen atoms in total. The van der Waals surface area contributed by atoms with E-state index in [2.05, 4.69) is 20.8 Å². The maximum absolute atomic E-state index is 8.88. The van der Waals surface area contributed by atoms with Crippen molar-refractivity contribution < 1.29 is 19.2 Å². The van der Waals surface area contributed by atoms with Crippen molar-refractivity contribution in [2.24, 2.45) is 17.2 Å². The number of rotatable bonds is 21. The highest BCUT2D eigenvalue weighted by atomic mass is 31.2. The van der Waals surface area contributed by atoms with Crippen LogP contribution in [0.3, 0.4) is 0 Å². The topological polar surface area (TPSA) is 156 Å². The van der Waals surface area contributed by atoms with Crippen LogP contribution in [-0.4, -0.2) is 34.3 Å². The van der Waals surface area contributed by atoms with Crippen LogP contribution in [0.2, 0.25) is 0 Å². The van der Waals surface area contributed by atoms with Gasteiger partial charge in [0.15, 0.2) is 0 Å². The van der Waals surface area contributed by atoms with Gasteiger partial charge in [0, 0.05) is 0 Å². The predicted molar refractivity (Wildman–Crippen MR) is 155 cm³/mol. The summed E-state index contributed by atoms with van der Waals surface area (Å²) in [7, 11) is -4.64. The third-order valence-corrected chi connectivity index (χ3v) is 5.42. The van der Waals surface area contributed by atoms with Gasteiger partial charge in [-0.2, -0.15) is 0 Å². The minimum absolute atomic E-state index is 0.869. The molecule has 0 radical (unpaired) electrons. The first-order valence-electron chi connectivity index (χ1n) is 14.6. The molecule has 0 aliphatic carbocycles. The SMILES string of the molecule is CCCCCCCCCN.CCCCCCCCCN.CCCCCCCCCN.O=P(O)(O)O. The lowest BCUT2D eigenvalue weighted by atomic mass is 10.1. The van der Waals surface area contributed by atoms with Gasteiger partial charge in [0.25, 0.3) is 0 Å². The van der Waals surface area contributed by atoms with Crippen LogP contribution < -0.4 is 17.2 Å². The van der Waals surface area contributed by atoms with Gasteiger partial charge in [0.1, 0.15) is 0 Å².